The molecule has 90 valence electrons. The zero-order chi connectivity index (χ0) is 12.4. The summed E-state index contributed by atoms with van der Waals surface area (Å²) in [4.78, 5) is 3.67. The largest absolute Gasteiger partial charge is 0.468 e. The van der Waals surface area contributed by atoms with Gasteiger partial charge in [-0.3, -0.25) is 0 Å². The molecule has 0 unspecified atom stereocenters. The number of ether oxygens (including phenoxy) is 1. The normalized spacial score (nSPS) is 12.6. The fourth-order valence-electron chi connectivity index (χ4n) is 0.983. The second-order valence-electron chi connectivity index (χ2n) is 3.85. The molecule has 1 N–H and O–H groups in total. The first kappa shape index (κ1) is 12.8. The number of nitrogens with zero attached hydrogens (tertiary/aromatic N) is 1. The first-order valence-corrected chi connectivity index (χ1v) is 4.57. The van der Waals surface area contributed by atoms with Crippen LogP contribution in [0.5, 0.6) is 5.88 Å². The fraction of sp³-hybridized carbons (Fsp3) is 0.500. The van der Waals surface area contributed by atoms with E-state index in [1.807, 2.05) is 0 Å². The smallest absolute Gasteiger partial charge is 0.422 e. The molecule has 0 amide bonds. The number of halogens is 3. The third-order valence-corrected chi connectivity index (χ3v) is 1.83. The summed E-state index contributed by atoms with van der Waals surface area (Å²) in [7, 11) is 0. The second kappa shape index (κ2) is 4.29. The van der Waals surface area contributed by atoms with Crippen molar-refractivity contribution in [3.05, 3.63) is 23.9 Å². The monoisotopic (exact) mass is 235 g/mol. The van der Waals surface area contributed by atoms with Crippen LogP contribution in [0.1, 0.15) is 19.4 Å². The molecular formula is C10H12F3NO2. The van der Waals surface area contributed by atoms with Crippen LogP contribution in [-0.4, -0.2) is 22.9 Å². The highest BCUT2D eigenvalue weighted by Gasteiger charge is 2.28. The zero-order valence-electron chi connectivity index (χ0n) is 8.88. The Kier molecular flexibility index (Phi) is 3.42. The minimum Gasteiger partial charge on any atom is -0.468 e. The van der Waals surface area contributed by atoms with Gasteiger partial charge in [0.05, 0.1) is 5.60 Å². The van der Waals surface area contributed by atoms with E-state index in [1.165, 1.54) is 18.3 Å². The van der Waals surface area contributed by atoms with Gasteiger partial charge in [-0.1, -0.05) is 0 Å². The zero-order valence-corrected chi connectivity index (χ0v) is 8.88. The number of aromatic nitrogens is 1. The molecule has 0 spiro atoms. The van der Waals surface area contributed by atoms with E-state index in [1.54, 1.807) is 13.8 Å². The van der Waals surface area contributed by atoms with E-state index in [-0.39, 0.29) is 5.88 Å². The molecule has 0 atom stereocenters. The van der Waals surface area contributed by atoms with Gasteiger partial charge < -0.3 is 9.84 Å². The van der Waals surface area contributed by atoms with Crippen LogP contribution in [0.25, 0.3) is 0 Å². The minimum atomic E-state index is -4.38. The standard InChI is InChI=1S/C10H12F3NO2/c1-9(2,15)7-3-4-8(14-5-7)16-6-10(11,12)13/h3-5,15H,6H2,1-2H3. The maximum atomic E-state index is 11.8. The number of rotatable bonds is 3. The van der Waals surface area contributed by atoms with Crippen molar-refractivity contribution in [2.75, 3.05) is 6.61 Å². The highest BCUT2D eigenvalue weighted by molar-refractivity contribution is 5.22. The molecule has 0 aliphatic heterocycles. The molecule has 6 heteroatoms. The fourth-order valence-corrected chi connectivity index (χ4v) is 0.983. The van der Waals surface area contributed by atoms with Crippen LogP contribution in [0.4, 0.5) is 13.2 Å². The van der Waals surface area contributed by atoms with Gasteiger partial charge in [0.15, 0.2) is 6.61 Å². The van der Waals surface area contributed by atoms with Gasteiger partial charge in [-0.05, 0) is 19.9 Å². The number of pyridine rings is 1. The first-order chi connectivity index (χ1) is 7.18. The molecule has 0 aromatic carbocycles. The van der Waals surface area contributed by atoms with E-state index in [9.17, 15) is 18.3 Å². The summed E-state index contributed by atoms with van der Waals surface area (Å²) >= 11 is 0. The van der Waals surface area contributed by atoms with Crippen LogP contribution in [0.15, 0.2) is 18.3 Å². The molecule has 0 radical (unpaired) electrons. The molecule has 0 aliphatic rings. The molecular weight excluding hydrogens is 223 g/mol. The lowest BCUT2D eigenvalue weighted by atomic mass is 10.0. The van der Waals surface area contributed by atoms with Gasteiger partial charge in [-0.25, -0.2) is 4.98 Å². The second-order valence-corrected chi connectivity index (χ2v) is 3.85. The average molecular weight is 235 g/mol. The third kappa shape index (κ3) is 4.06. The molecule has 16 heavy (non-hydrogen) atoms. The number of hydrogen-bond donors (Lipinski definition) is 1. The summed E-state index contributed by atoms with van der Waals surface area (Å²) in [6.45, 7) is 1.74. The average Bonchev–Trinajstić information content (AvgIpc) is 2.13. The van der Waals surface area contributed by atoms with Crippen molar-refractivity contribution in [1.82, 2.24) is 4.98 Å². The van der Waals surface area contributed by atoms with Gasteiger partial charge >= 0.3 is 6.18 Å². The van der Waals surface area contributed by atoms with E-state index in [0.29, 0.717) is 5.56 Å². The summed E-state index contributed by atoms with van der Waals surface area (Å²) in [5, 5.41) is 9.58. The number of alkyl halides is 3. The Morgan fingerprint density at radius 3 is 2.31 bits per heavy atom. The molecule has 1 aromatic heterocycles. The quantitative estimate of drug-likeness (QED) is 0.873. The van der Waals surface area contributed by atoms with Crippen LogP contribution in [0.2, 0.25) is 0 Å². The highest BCUT2D eigenvalue weighted by atomic mass is 19.4. The van der Waals surface area contributed by atoms with Gasteiger partial charge in [0.25, 0.3) is 0 Å². The molecule has 0 saturated carbocycles. The van der Waals surface area contributed by atoms with Gasteiger partial charge in [0.2, 0.25) is 5.88 Å². The lowest BCUT2D eigenvalue weighted by Crippen LogP contribution is -2.20. The topological polar surface area (TPSA) is 42.4 Å². The lowest BCUT2D eigenvalue weighted by molar-refractivity contribution is -0.154. The molecule has 1 rings (SSSR count). The predicted molar refractivity (Wildman–Crippen MR) is 51.0 cm³/mol. The summed E-state index contributed by atoms with van der Waals surface area (Å²) in [5.74, 6) is -0.120. The predicted octanol–water partition coefficient (Wildman–Crippen LogP) is 2.25. The van der Waals surface area contributed by atoms with E-state index in [4.69, 9.17) is 0 Å². The van der Waals surface area contributed by atoms with Crippen molar-refractivity contribution in [1.29, 1.82) is 0 Å². The van der Waals surface area contributed by atoms with Crippen molar-refractivity contribution in [3.63, 3.8) is 0 Å². The van der Waals surface area contributed by atoms with E-state index in [2.05, 4.69) is 9.72 Å². The maximum absolute atomic E-state index is 11.8. The SMILES string of the molecule is CC(C)(O)c1ccc(OCC(F)(F)F)nc1. The molecule has 0 saturated heterocycles. The Labute approximate surface area is 90.9 Å². The molecule has 1 aromatic rings. The Morgan fingerprint density at radius 2 is 1.94 bits per heavy atom. The van der Waals surface area contributed by atoms with Crippen molar-refractivity contribution >= 4 is 0 Å². The molecule has 0 fully saturated rings. The van der Waals surface area contributed by atoms with Crippen LogP contribution < -0.4 is 4.74 Å². The number of hydrogen-bond acceptors (Lipinski definition) is 3. The van der Waals surface area contributed by atoms with Gasteiger partial charge in [0, 0.05) is 17.8 Å². The first-order valence-electron chi connectivity index (χ1n) is 4.57. The van der Waals surface area contributed by atoms with Crippen LogP contribution in [0, 0.1) is 0 Å². The lowest BCUT2D eigenvalue weighted by Gasteiger charge is -2.17. The Balaban J connectivity index is 2.66. The van der Waals surface area contributed by atoms with E-state index in [0.717, 1.165) is 0 Å². The molecule has 0 aliphatic carbocycles. The van der Waals surface area contributed by atoms with Crippen LogP contribution in [0.3, 0.4) is 0 Å². The Bertz CT molecular complexity index is 341. The van der Waals surface area contributed by atoms with E-state index < -0.39 is 18.4 Å². The summed E-state index contributed by atoms with van der Waals surface area (Å²) in [5.41, 5.74) is -0.568. The van der Waals surface area contributed by atoms with Gasteiger partial charge in [0.1, 0.15) is 0 Å². The maximum Gasteiger partial charge on any atom is 0.422 e. The van der Waals surface area contributed by atoms with Crippen molar-refractivity contribution in [2.45, 2.75) is 25.6 Å². The summed E-state index contributed by atoms with van der Waals surface area (Å²) in [6.07, 6.45) is -3.09. The van der Waals surface area contributed by atoms with Gasteiger partial charge in [-0.15, -0.1) is 0 Å². The van der Waals surface area contributed by atoms with Crippen molar-refractivity contribution in [3.8, 4) is 5.88 Å². The highest BCUT2D eigenvalue weighted by Crippen LogP contribution is 2.21. The van der Waals surface area contributed by atoms with E-state index >= 15 is 0 Å². The number of aliphatic hydroxyl groups is 1. The Morgan fingerprint density at radius 1 is 1.31 bits per heavy atom. The van der Waals surface area contributed by atoms with Crippen LogP contribution >= 0.6 is 0 Å². The Hall–Kier alpha value is -1.30. The van der Waals surface area contributed by atoms with Crippen LogP contribution in [-0.2, 0) is 5.60 Å². The molecule has 3 nitrogen and oxygen atoms in total. The summed E-state index contributed by atoms with van der Waals surface area (Å²) in [6, 6.07) is 2.76. The van der Waals surface area contributed by atoms with Crippen molar-refractivity contribution in [2.24, 2.45) is 0 Å². The summed E-state index contributed by atoms with van der Waals surface area (Å²) < 4.78 is 39.9. The van der Waals surface area contributed by atoms with Gasteiger partial charge in [-0.2, -0.15) is 13.2 Å². The van der Waals surface area contributed by atoms with Crippen molar-refractivity contribution < 1.29 is 23.0 Å². The molecule has 0 bridgehead atoms. The third-order valence-electron chi connectivity index (χ3n) is 1.83. The molecule has 1 heterocycles. The minimum absolute atomic E-state index is 0.120.